The Kier molecular flexibility index (Phi) is 7.93. The van der Waals surface area contributed by atoms with Crippen LogP contribution in [0.1, 0.15) is 43.0 Å². The van der Waals surface area contributed by atoms with Crippen molar-refractivity contribution < 1.29 is 9.53 Å². The molecule has 1 fully saturated rings. The Morgan fingerprint density at radius 1 is 1.24 bits per heavy atom. The fraction of sp³-hybridized carbons (Fsp3) is 0.478. The van der Waals surface area contributed by atoms with Crippen LogP contribution < -0.4 is 15.0 Å². The zero-order valence-corrected chi connectivity index (χ0v) is 20.6. The number of amides is 1. The molecule has 1 N–H and O–H groups in total. The van der Waals surface area contributed by atoms with Gasteiger partial charge in [0.05, 0.1) is 30.8 Å². The molecule has 1 aromatic carbocycles. The van der Waals surface area contributed by atoms with Crippen LogP contribution in [0.2, 0.25) is 5.02 Å². The van der Waals surface area contributed by atoms with Crippen LogP contribution in [-0.4, -0.2) is 58.2 Å². The number of methoxy groups -OCH3 is 1. The van der Waals surface area contributed by atoms with Crippen molar-refractivity contribution in [3.63, 3.8) is 0 Å². The van der Waals surface area contributed by atoms with Gasteiger partial charge < -0.3 is 15.0 Å². The summed E-state index contributed by atoms with van der Waals surface area (Å²) in [5.74, 6) is 2.18. The lowest BCUT2D eigenvalue weighted by Crippen LogP contribution is -2.30. The number of halogens is 1. The van der Waals surface area contributed by atoms with E-state index in [0.29, 0.717) is 29.4 Å². The number of piperidine rings is 1. The van der Waals surface area contributed by atoms with Crippen molar-refractivity contribution in [1.82, 2.24) is 25.1 Å². The van der Waals surface area contributed by atoms with Crippen molar-refractivity contribution >= 4 is 46.1 Å². The van der Waals surface area contributed by atoms with Crippen LogP contribution in [0.25, 0.3) is 11.0 Å². The monoisotopic (exact) mass is 488 g/mol. The summed E-state index contributed by atoms with van der Waals surface area (Å²) in [6.45, 7) is 5.05. The molecule has 1 aliphatic heterocycles. The van der Waals surface area contributed by atoms with Gasteiger partial charge in [-0.3, -0.25) is 4.79 Å². The number of nitrogens with zero attached hydrogens (tertiary/aromatic N) is 5. The lowest BCUT2D eigenvalue weighted by Gasteiger charge is -2.28. The molecule has 0 radical (unpaired) electrons. The molecule has 0 unspecified atom stereocenters. The summed E-state index contributed by atoms with van der Waals surface area (Å²) < 4.78 is 7.13. The van der Waals surface area contributed by atoms with Crippen LogP contribution in [0, 0.1) is 0 Å². The number of hydrogen-bond donors (Lipinski definition) is 1. The quantitative estimate of drug-likeness (QED) is 0.352. The minimum atomic E-state index is -0.242. The van der Waals surface area contributed by atoms with Gasteiger partial charge in [0.2, 0.25) is 0 Å². The molecule has 1 aliphatic rings. The molecule has 10 heteroatoms. The average Bonchev–Trinajstić information content (AvgIpc) is 3.25. The molecule has 176 valence electrons. The molecule has 3 aromatic rings. The number of carbonyl (C=O) groups is 1. The lowest BCUT2D eigenvalue weighted by atomic mass is 10.1. The number of carbonyl (C=O) groups excluding carboxylic acids is 1. The van der Waals surface area contributed by atoms with Crippen LogP contribution >= 0.6 is 23.4 Å². The Hall–Kier alpha value is -2.52. The number of aromatic nitrogens is 4. The maximum atomic E-state index is 12.7. The summed E-state index contributed by atoms with van der Waals surface area (Å²) in [5.41, 5.74) is 1.21. The van der Waals surface area contributed by atoms with Crippen molar-refractivity contribution in [3.05, 3.63) is 35.0 Å². The summed E-state index contributed by atoms with van der Waals surface area (Å²) in [7, 11) is 1.53. The third-order valence-corrected chi connectivity index (χ3v) is 6.85. The topological polar surface area (TPSA) is 85.2 Å². The molecule has 33 heavy (non-hydrogen) atoms. The fourth-order valence-electron chi connectivity index (χ4n) is 3.92. The smallest absolute Gasteiger partial charge is 0.255 e. The molecule has 0 bridgehead atoms. The minimum Gasteiger partial charge on any atom is -0.496 e. The van der Waals surface area contributed by atoms with E-state index in [0.717, 1.165) is 47.3 Å². The first-order valence-corrected chi connectivity index (χ1v) is 12.7. The molecule has 4 rings (SSSR count). The van der Waals surface area contributed by atoms with Gasteiger partial charge in [-0.15, -0.1) is 0 Å². The number of thioether (sulfide) groups is 1. The first-order valence-electron chi connectivity index (χ1n) is 11.3. The van der Waals surface area contributed by atoms with Gasteiger partial charge in [0.15, 0.2) is 10.8 Å². The van der Waals surface area contributed by atoms with E-state index in [-0.39, 0.29) is 5.91 Å². The first-order chi connectivity index (χ1) is 16.1. The number of benzene rings is 1. The number of nitrogens with one attached hydrogen (secondary N) is 1. The van der Waals surface area contributed by atoms with Gasteiger partial charge in [0.25, 0.3) is 5.91 Å². The number of hydrogen-bond acceptors (Lipinski definition) is 7. The molecule has 2 aromatic heterocycles. The van der Waals surface area contributed by atoms with Gasteiger partial charge in [-0.05, 0) is 43.9 Å². The normalized spacial score (nSPS) is 14.0. The Labute approximate surface area is 203 Å². The molecule has 8 nitrogen and oxygen atoms in total. The third kappa shape index (κ3) is 5.52. The average molecular weight is 489 g/mol. The maximum absolute atomic E-state index is 12.7. The Morgan fingerprint density at radius 2 is 2.06 bits per heavy atom. The summed E-state index contributed by atoms with van der Waals surface area (Å²) in [4.78, 5) is 24.7. The SMILES string of the molecule is CCCSc1nc(N2CCCCC2)c2cnn(CCNC(=O)c3cc(Cl)ccc3OC)c2n1. The number of fused-ring (bicyclic) bond motifs is 1. The highest BCUT2D eigenvalue weighted by Gasteiger charge is 2.20. The molecule has 3 heterocycles. The maximum Gasteiger partial charge on any atom is 0.255 e. The van der Waals surface area contributed by atoms with Crippen LogP contribution in [0.4, 0.5) is 5.82 Å². The second-order valence-electron chi connectivity index (χ2n) is 7.93. The summed E-state index contributed by atoms with van der Waals surface area (Å²) in [6.07, 6.45) is 6.52. The molecule has 1 amide bonds. The summed E-state index contributed by atoms with van der Waals surface area (Å²) >= 11 is 7.73. The van der Waals surface area contributed by atoms with E-state index in [2.05, 4.69) is 22.2 Å². The van der Waals surface area contributed by atoms with Crippen molar-refractivity contribution in [2.45, 2.75) is 44.3 Å². The number of rotatable bonds is 9. The first kappa shape index (κ1) is 23.6. The molecular formula is C23H29ClN6O2S. The zero-order valence-electron chi connectivity index (χ0n) is 19.0. The summed E-state index contributed by atoms with van der Waals surface area (Å²) in [5, 5.41) is 9.72. The van der Waals surface area contributed by atoms with Crippen molar-refractivity contribution in [2.24, 2.45) is 0 Å². The standard InChI is InChI=1S/C23H29ClN6O2S/c1-3-13-33-23-27-20(29-10-5-4-6-11-29)18-15-26-30(21(18)28-23)12-9-25-22(31)17-14-16(24)7-8-19(17)32-2/h7-8,14-15H,3-6,9-13H2,1-2H3,(H,25,31). The highest BCUT2D eigenvalue weighted by molar-refractivity contribution is 7.99. The Morgan fingerprint density at radius 3 is 2.82 bits per heavy atom. The fourth-order valence-corrected chi connectivity index (χ4v) is 4.78. The zero-order chi connectivity index (χ0) is 23.2. The van der Waals surface area contributed by atoms with Crippen LogP contribution in [-0.2, 0) is 6.54 Å². The van der Waals surface area contributed by atoms with Crippen LogP contribution in [0.3, 0.4) is 0 Å². The summed E-state index contributed by atoms with van der Waals surface area (Å²) in [6, 6.07) is 4.99. The molecule has 0 saturated carbocycles. The largest absolute Gasteiger partial charge is 0.496 e. The van der Waals surface area contributed by atoms with Gasteiger partial charge in [0, 0.05) is 30.4 Å². The van der Waals surface area contributed by atoms with Gasteiger partial charge in [-0.2, -0.15) is 5.10 Å². The minimum absolute atomic E-state index is 0.242. The van der Waals surface area contributed by atoms with Gasteiger partial charge in [0.1, 0.15) is 11.6 Å². The third-order valence-electron chi connectivity index (χ3n) is 5.56. The Bertz CT molecular complexity index is 1120. The van der Waals surface area contributed by atoms with Crippen molar-refractivity contribution in [1.29, 1.82) is 0 Å². The molecule has 0 spiro atoms. The Balaban J connectivity index is 1.53. The van der Waals surface area contributed by atoms with Crippen molar-refractivity contribution in [2.75, 3.05) is 37.4 Å². The van der Waals surface area contributed by atoms with E-state index in [1.165, 1.54) is 26.4 Å². The molecule has 0 aliphatic carbocycles. The van der Waals surface area contributed by atoms with E-state index in [1.54, 1.807) is 30.0 Å². The predicted molar refractivity (Wildman–Crippen MR) is 133 cm³/mol. The number of ether oxygens (including phenoxy) is 1. The second kappa shape index (κ2) is 11.1. The van der Waals surface area contributed by atoms with Crippen molar-refractivity contribution in [3.8, 4) is 5.75 Å². The van der Waals surface area contributed by atoms with Crippen LogP contribution in [0.5, 0.6) is 5.75 Å². The highest BCUT2D eigenvalue weighted by atomic mass is 35.5. The number of anilines is 1. The molecular weight excluding hydrogens is 460 g/mol. The van der Waals surface area contributed by atoms with E-state index in [4.69, 9.17) is 26.3 Å². The van der Waals surface area contributed by atoms with Gasteiger partial charge >= 0.3 is 0 Å². The predicted octanol–water partition coefficient (Wildman–Crippen LogP) is 4.41. The molecule has 0 atom stereocenters. The van der Waals surface area contributed by atoms with E-state index < -0.39 is 0 Å². The second-order valence-corrected chi connectivity index (χ2v) is 9.43. The molecule has 1 saturated heterocycles. The van der Waals surface area contributed by atoms with Gasteiger partial charge in [-0.25, -0.2) is 14.6 Å². The highest BCUT2D eigenvalue weighted by Crippen LogP contribution is 2.29. The lowest BCUT2D eigenvalue weighted by molar-refractivity contribution is 0.0949. The van der Waals surface area contributed by atoms with Gasteiger partial charge in [-0.1, -0.05) is 30.3 Å². The van der Waals surface area contributed by atoms with E-state index in [1.807, 2.05) is 10.9 Å². The van der Waals surface area contributed by atoms with E-state index in [9.17, 15) is 4.79 Å². The van der Waals surface area contributed by atoms with E-state index >= 15 is 0 Å². The van der Waals surface area contributed by atoms with Crippen LogP contribution in [0.15, 0.2) is 29.6 Å².